The van der Waals surface area contributed by atoms with Crippen molar-refractivity contribution in [1.82, 2.24) is 14.7 Å². The molecule has 0 unspecified atom stereocenters. The van der Waals surface area contributed by atoms with Crippen molar-refractivity contribution < 1.29 is 22.2 Å². The molecule has 1 aromatic heterocycles. The molecule has 0 N–H and O–H groups in total. The smallest absolute Gasteiger partial charge is 0.337 e. The first-order chi connectivity index (χ1) is 12.8. The van der Waals surface area contributed by atoms with E-state index in [1.165, 1.54) is 0 Å². The topological polar surface area (TPSA) is 55.2 Å². The second-order valence-corrected chi connectivity index (χ2v) is 8.06. The Hall–Kier alpha value is -2.16. The predicted octanol–water partition coefficient (Wildman–Crippen LogP) is 3.26. The summed E-state index contributed by atoms with van der Waals surface area (Å²) in [7, 11) is -1.02. The van der Waals surface area contributed by atoms with Gasteiger partial charge in [-0.1, -0.05) is 12.1 Å². The maximum absolute atomic E-state index is 13.1. The zero-order valence-electron chi connectivity index (χ0n) is 14.8. The fourth-order valence-corrected chi connectivity index (χ4v) is 4.03. The standard InChI is InChI=1S/C18H20F3N3O2S/c1-27(26)12-13-4-2-5-14(10-13)17(25)23-9-3-6-15(11-23)24-16(7-8-22-24)18(19,20)21/h2,4-5,7-8,10,15H,3,6,9,11-12H2,1H3/t15-,27+/m0/s1. The molecule has 9 heteroatoms. The fourth-order valence-electron chi connectivity index (χ4n) is 3.38. The van der Waals surface area contributed by atoms with E-state index in [1.54, 1.807) is 35.4 Å². The van der Waals surface area contributed by atoms with Crippen LogP contribution in [-0.2, 0) is 22.7 Å². The highest BCUT2D eigenvalue weighted by atomic mass is 32.2. The summed E-state index contributed by atoms with van der Waals surface area (Å²) in [4.78, 5) is 14.4. The van der Waals surface area contributed by atoms with E-state index in [-0.39, 0.29) is 12.5 Å². The number of nitrogens with zero attached hydrogens (tertiary/aromatic N) is 3. The lowest BCUT2D eigenvalue weighted by molar-refractivity contribution is -0.145. The van der Waals surface area contributed by atoms with Crippen LogP contribution in [0.25, 0.3) is 0 Å². The Morgan fingerprint density at radius 1 is 1.33 bits per heavy atom. The Morgan fingerprint density at radius 3 is 2.81 bits per heavy atom. The molecule has 146 valence electrons. The van der Waals surface area contributed by atoms with E-state index in [0.717, 1.165) is 22.5 Å². The van der Waals surface area contributed by atoms with Crippen molar-refractivity contribution in [3.8, 4) is 0 Å². The zero-order chi connectivity index (χ0) is 19.6. The number of hydrogen-bond acceptors (Lipinski definition) is 3. The van der Waals surface area contributed by atoms with E-state index in [4.69, 9.17) is 0 Å². The van der Waals surface area contributed by atoms with Gasteiger partial charge in [0, 0.05) is 47.7 Å². The third kappa shape index (κ3) is 4.58. The molecule has 1 amide bonds. The number of alkyl halides is 3. The largest absolute Gasteiger partial charge is 0.433 e. The molecule has 2 atom stereocenters. The van der Waals surface area contributed by atoms with Crippen LogP contribution in [-0.4, -0.2) is 44.1 Å². The van der Waals surface area contributed by atoms with Gasteiger partial charge in [0.25, 0.3) is 5.91 Å². The maximum Gasteiger partial charge on any atom is 0.433 e. The molecule has 1 aliphatic heterocycles. The Morgan fingerprint density at radius 2 is 2.11 bits per heavy atom. The average Bonchev–Trinajstić information content (AvgIpc) is 3.11. The van der Waals surface area contributed by atoms with Crippen LogP contribution in [0.2, 0.25) is 0 Å². The van der Waals surface area contributed by atoms with Crippen molar-refractivity contribution in [2.24, 2.45) is 0 Å². The van der Waals surface area contributed by atoms with Crippen molar-refractivity contribution in [2.45, 2.75) is 30.8 Å². The van der Waals surface area contributed by atoms with Gasteiger partial charge in [0.1, 0.15) is 5.69 Å². The highest BCUT2D eigenvalue weighted by Crippen LogP contribution is 2.33. The molecule has 0 bridgehead atoms. The van der Waals surface area contributed by atoms with Gasteiger partial charge in [-0.15, -0.1) is 0 Å². The molecule has 2 aromatic rings. The van der Waals surface area contributed by atoms with Gasteiger partial charge in [-0.25, -0.2) is 0 Å². The number of benzene rings is 1. The summed E-state index contributed by atoms with van der Waals surface area (Å²) in [6, 6.07) is 7.34. The number of aromatic nitrogens is 2. The van der Waals surface area contributed by atoms with Gasteiger partial charge in [0.05, 0.1) is 6.04 Å². The highest BCUT2D eigenvalue weighted by molar-refractivity contribution is 7.83. The number of carbonyl (C=O) groups excluding carboxylic acids is 1. The normalized spacial score (nSPS) is 19.1. The van der Waals surface area contributed by atoms with Gasteiger partial charge in [-0.3, -0.25) is 13.7 Å². The molecule has 1 aromatic carbocycles. The van der Waals surface area contributed by atoms with Crippen LogP contribution in [0.3, 0.4) is 0 Å². The Labute approximate surface area is 157 Å². The molecule has 2 heterocycles. The van der Waals surface area contributed by atoms with Crippen molar-refractivity contribution in [2.75, 3.05) is 19.3 Å². The van der Waals surface area contributed by atoms with Crippen LogP contribution in [0.4, 0.5) is 13.2 Å². The number of piperidine rings is 1. The third-order valence-electron chi connectivity index (χ3n) is 4.53. The number of carbonyl (C=O) groups is 1. The van der Waals surface area contributed by atoms with Gasteiger partial charge in [-0.2, -0.15) is 18.3 Å². The molecule has 1 aliphatic rings. The van der Waals surface area contributed by atoms with Crippen molar-refractivity contribution in [3.05, 3.63) is 53.3 Å². The van der Waals surface area contributed by atoms with E-state index < -0.39 is 28.7 Å². The lowest BCUT2D eigenvalue weighted by Crippen LogP contribution is -2.41. The minimum absolute atomic E-state index is 0.174. The van der Waals surface area contributed by atoms with Crippen LogP contribution < -0.4 is 0 Å². The summed E-state index contributed by atoms with van der Waals surface area (Å²) in [5, 5.41) is 3.84. The molecule has 1 fully saturated rings. The molecular weight excluding hydrogens is 379 g/mol. The number of amides is 1. The van der Waals surface area contributed by atoms with E-state index in [1.807, 2.05) is 0 Å². The van der Waals surface area contributed by atoms with E-state index in [0.29, 0.717) is 30.7 Å². The Balaban J connectivity index is 1.78. The van der Waals surface area contributed by atoms with Crippen LogP contribution in [0.15, 0.2) is 36.5 Å². The van der Waals surface area contributed by atoms with E-state index >= 15 is 0 Å². The summed E-state index contributed by atoms with van der Waals surface area (Å²) < 4.78 is 51.8. The van der Waals surface area contributed by atoms with Crippen molar-refractivity contribution in [3.63, 3.8) is 0 Å². The lowest BCUT2D eigenvalue weighted by atomic mass is 10.0. The summed E-state index contributed by atoms with van der Waals surface area (Å²) in [6.45, 7) is 0.662. The first-order valence-electron chi connectivity index (χ1n) is 8.54. The van der Waals surface area contributed by atoms with Crippen molar-refractivity contribution in [1.29, 1.82) is 0 Å². The zero-order valence-corrected chi connectivity index (χ0v) is 15.6. The minimum atomic E-state index is -4.48. The minimum Gasteiger partial charge on any atom is -0.337 e. The van der Waals surface area contributed by atoms with Gasteiger partial charge in [0.2, 0.25) is 0 Å². The van der Waals surface area contributed by atoms with Crippen LogP contribution in [0, 0.1) is 0 Å². The molecule has 0 radical (unpaired) electrons. The van der Waals surface area contributed by atoms with Gasteiger partial charge < -0.3 is 4.90 Å². The van der Waals surface area contributed by atoms with Crippen LogP contribution in [0.1, 0.15) is 40.5 Å². The monoisotopic (exact) mass is 399 g/mol. The van der Waals surface area contributed by atoms with Crippen LogP contribution in [0.5, 0.6) is 0 Å². The molecule has 27 heavy (non-hydrogen) atoms. The molecule has 0 saturated carbocycles. The van der Waals surface area contributed by atoms with Crippen molar-refractivity contribution >= 4 is 16.7 Å². The molecule has 0 aliphatic carbocycles. The van der Waals surface area contributed by atoms with Crippen LogP contribution >= 0.6 is 0 Å². The Kier molecular flexibility index (Phi) is 5.69. The number of rotatable bonds is 4. The average molecular weight is 399 g/mol. The molecular formula is C18H20F3N3O2S. The SMILES string of the molecule is C[S@@](=O)Cc1cccc(C(=O)N2CCC[C@H](n3nccc3C(F)(F)F)C2)c1. The quantitative estimate of drug-likeness (QED) is 0.793. The molecule has 5 nitrogen and oxygen atoms in total. The number of likely N-dealkylation sites (tertiary alicyclic amines) is 1. The molecule has 1 saturated heterocycles. The summed E-state index contributed by atoms with van der Waals surface area (Å²) in [6.07, 6.45) is -0.619. The maximum atomic E-state index is 13.1. The first-order valence-corrected chi connectivity index (χ1v) is 10.3. The summed E-state index contributed by atoms with van der Waals surface area (Å²) in [5.74, 6) is 0.121. The first kappa shape index (κ1) is 19.6. The lowest BCUT2D eigenvalue weighted by Gasteiger charge is -2.34. The fraction of sp³-hybridized carbons (Fsp3) is 0.444. The Bertz CT molecular complexity index is 850. The summed E-state index contributed by atoms with van der Waals surface area (Å²) in [5.41, 5.74) is 0.450. The second kappa shape index (κ2) is 7.84. The van der Waals surface area contributed by atoms with E-state index in [9.17, 15) is 22.2 Å². The van der Waals surface area contributed by atoms with Gasteiger partial charge in [0.15, 0.2) is 0 Å². The third-order valence-corrected chi connectivity index (χ3v) is 5.27. The number of hydrogen-bond donors (Lipinski definition) is 0. The van der Waals surface area contributed by atoms with Gasteiger partial charge >= 0.3 is 6.18 Å². The number of halogens is 3. The highest BCUT2D eigenvalue weighted by Gasteiger charge is 2.37. The molecule has 0 spiro atoms. The second-order valence-electron chi connectivity index (χ2n) is 6.62. The molecule has 3 rings (SSSR count). The summed E-state index contributed by atoms with van der Waals surface area (Å²) >= 11 is 0. The van der Waals surface area contributed by atoms with E-state index in [2.05, 4.69) is 5.10 Å². The van der Waals surface area contributed by atoms with Gasteiger partial charge in [-0.05, 0) is 36.6 Å². The predicted molar refractivity (Wildman–Crippen MR) is 95.6 cm³/mol.